The Morgan fingerprint density at radius 3 is 2.79 bits per heavy atom. The van der Waals surface area contributed by atoms with Crippen molar-refractivity contribution < 1.29 is 15.0 Å². The molecule has 0 aliphatic heterocycles. The Kier molecular flexibility index (Phi) is 7.02. The second-order valence-corrected chi connectivity index (χ2v) is 7.66. The Balaban J connectivity index is 1.63. The monoisotopic (exact) mass is 412 g/mol. The van der Waals surface area contributed by atoms with Gasteiger partial charge in [-0.25, -0.2) is 4.98 Å². The number of nitrogens with two attached hydrogens (primary N) is 1. The first-order valence-corrected chi connectivity index (χ1v) is 10.3. The van der Waals surface area contributed by atoms with Gasteiger partial charge in [-0.15, -0.1) is 11.8 Å². The number of carbonyl (C=O) groups excluding carboxylic acids is 1. The Labute approximate surface area is 173 Å². The average molecular weight is 413 g/mol. The molecule has 0 saturated carbocycles. The standard InChI is InChI=1S/C21H24N4O3S/c22-18-7-6-15(26)12-17(18)21(16-4-1-2-5-19(16)27)29-13-20(28)24-8-3-10-25-11-9-23-14-25/h1-2,4-7,9,11-12,14,21,26-27H,3,8,10,13,22H2,(H,24,28). The Morgan fingerprint density at radius 1 is 1.21 bits per heavy atom. The molecule has 3 rings (SSSR count). The number of aromatic hydroxyl groups is 2. The van der Waals surface area contributed by atoms with Crippen LogP contribution >= 0.6 is 11.8 Å². The molecule has 5 N–H and O–H groups in total. The zero-order valence-corrected chi connectivity index (χ0v) is 16.7. The van der Waals surface area contributed by atoms with Crippen LogP contribution in [0.1, 0.15) is 22.8 Å². The van der Waals surface area contributed by atoms with Crippen LogP contribution in [0.3, 0.4) is 0 Å². The number of nitrogens with one attached hydrogen (secondary N) is 1. The fraction of sp³-hybridized carbons (Fsp3) is 0.238. The summed E-state index contributed by atoms with van der Waals surface area (Å²) in [6, 6.07) is 11.6. The Hall–Kier alpha value is -3.13. The third-order valence-corrected chi connectivity index (χ3v) is 5.70. The van der Waals surface area contributed by atoms with Gasteiger partial charge in [-0.3, -0.25) is 4.79 Å². The van der Waals surface area contributed by atoms with Gasteiger partial charge < -0.3 is 25.8 Å². The summed E-state index contributed by atoms with van der Waals surface area (Å²) < 4.78 is 1.96. The maximum atomic E-state index is 12.3. The van der Waals surface area contributed by atoms with E-state index in [9.17, 15) is 15.0 Å². The van der Waals surface area contributed by atoms with E-state index in [4.69, 9.17) is 5.73 Å². The van der Waals surface area contributed by atoms with Crippen molar-refractivity contribution in [2.45, 2.75) is 18.2 Å². The quantitative estimate of drug-likeness (QED) is 0.244. The molecule has 8 heteroatoms. The van der Waals surface area contributed by atoms with Crippen LogP contribution in [0.4, 0.5) is 5.69 Å². The molecule has 0 bridgehead atoms. The maximum absolute atomic E-state index is 12.3. The number of hydrogen-bond donors (Lipinski definition) is 4. The maximum Gasteiger partial charge on any atom is 0.230 e. The number of amides is 1. The van der Waals surface area contributed by atoms with Crippen LogP contribution in [0.25, 0.3) is 0 Å². The molecule has 1 unspecified atom stereocenters. The Bertz CT molecular complexity index is 947. The second kappa shape index (κ2) is 9.88. The number of anilines is 1. The molecule has 0 spiro atoms. The minimum atomic E-state index is -0.389. The average Bonchev–Trinajstić information content (AvgIpc) is 3.23. The molecule has 1 amide bonds. The molecule has 0 fully saturated rings. The summed E-state index contributed by atoms with van der Waals surface area (Å²) in [4.78, 5) is 16.3. The number of nitrogen functional groups attached to an aromatic ring is 1. The summed E-state index contributed by atoms with van der Waals surface area (Å²) in [7, 11) is 0. The van der Waals surface area contributed by atoms with E-state index in [0.29, 0.717) is 23.4 Å². The highest BCUT2D eigenvalue weighted by Gasteiger charge is 2.22. The molecule has 1 atom stereocenters. The van der Waals surface area contributed by atoms with Crippen molar-refractivity contribution in [2.75, 3.05) is 18.0 Å². The van der Waals surface area contributed by atoms with Crippen LogP contribution in [-0.2, 0) is 11.3 Å². The number of aryl methyl sites for hydroxylation is 1. The van der Waals surface area contributed by atoms with Crippen molar-refractivity contribution in [3.05, 3.63) is 72.3 Å². The number of carbonyl (C=O) groups is 1. The molecule has 29 heavy (non-hydrogen) atoms. The molecule has 0 aliphatic carbocycles. The van der Waals surface area contributed by atoms with Gasteiger partial charge in [-0.05, 0) is 36.2 Å². The number of benzene rings is 2. The summed E-state index contributed by atoms with van der Waals surface area (Å²) in [5.74, 6) is 0.298. The lowest BCUT2D eigenvalue weighted by atomic mass is 10.0. The molecular weight excluding hydrogens is 388 g/mol. The summed E-state index contributed by atoms with van der Waals surface area (Å²) in [5, 5.41) is 22.7. The Morgan fingerprint density at radius 2 is 2.03 bits per heavy atom. The second-order valence-electron chi connectivity index (χ2n) is 6.57. The van der Waals surface area contributed by atoms with Crippen molar-refractivity contribution in [1.82, 2.24) is 14.9 Å². The van der Waals surface area contributed by atoms with Gasteiger partial charge in [0, 0.05) is 36.7 Å². The van der Waals surface area contributed by atoms with Crippen molar-refractivity contribution in [3.63, 3.8) is 0 Å². The lowest BCUT2D eigenvalue weighted by Gasteiger charge is -2.20. The smallest absolute Gasteiger partial charge is 0.230 e. The topological polar surface area (TPSA) is 113 Å². The van der Waals surface area contributed by atoms with Gasteiger partial charge in [-0.1, -0.05) is 18.2 Å². The SMILES string of the molecule is Nc1ccc(O)cc1C(SCC(=O)NCCCn1ccnc1)c1ccccc1O. The number of aromatic nitrogens is 2. The minimum absolute atomic E-state index is 0.0826. The molecule has 0 aliphatic rings. The summed E-state index contributed by atoms with van der Waals surface area (Å²) in [6.45, 7) is 1.35. The molecule has 1 aromatic heterocycles. The van der Waals surface area contributed by atoms with Crippen LogP contribution in [0, 0.1) is 0 Å². The number of rotatable bonds is 9. The lowest BCUT2D eigenvalue weighted by Crippen LogP contribution is -2.27. The van der Waals surface area contributed by atoms with E-state index in [-0.39, 0.29) is 28.4 Å². The van der Waals surface area contributed by atoms with Crippen molar-refractivity contribution in [2.24, 2.45) is 0 Å². The molecule has 0 radical (unpaired) electrons. The molecule has 7 nitrogen and oxygen atoms in total. The van der Waals surface area contributed by atoms with Crippen LogP contribution < -0.4 is 11.1 Å². The summed E-state index contributed by atoms with van der Waals surface area (Å²) in [5.41, 5.74) is 7.90. The molecule has 3 aromatic rings. The third kappa shape index (κ3) is 5.68. The molecule has 2 aromatic carbocycles. The summed E-state index contributed by atoms with van der Waals surface area (Å²) in [6.07, 6.45) is 6.15. The zero-order chi connectivity index (χ0) is 20.6. The van der Waals surface area contributed by atoms with E-state index in [2.05, 4.69) is 10.3 Å². The van der Waals surface area contributed by atoms with Crippen molar-refractivity contribution in [1.29, 1.82) is 0 Å². The first kappa shape index (κ1) is 20.6. The van der Waals surface area contributed by atoms with Crippen molar-refractivity contribution >= 4 is 23.4 Å². The van der Waals surface area contributed by atoms with Gasteiger partial charge in [0.15, 0.2) is 0 Å². The van der Waals surface area contributed by atoms with E-state index >= 15 is 0 Å². The van der Waals surface area contributed by atoms with E-state index in [0.717, 1.165) is 13.0 Å². The van der Waals surface area contributed by atoms with E-state index < -0.39 is 0 Å². The predicted molar refractivity (Wildman–Crippen MR) is 115 cm³/mol. The van der Waals surface area contributed by atoms with Gasteiger partial charge in [0.25, 0.3) is 0 Å². The number of phenols is 2. The van der Waals surface area contributed by atoms with Crippen LogP contribution in [0.15, 0.2) is 61.2 Å². The molecule has 152 valence electrons. The highest BCUT2D eigenvalue weighted by molar-refractivity contribution is 8.00. The fourth-order valence-corrected chi connectivity index (χ4v) is 4.15. The highest BCUT2D eigenvalue weighted by atomic mass is 32.2. The third-order valence-electron chi connectivity index (χ3n) is 4.43. The van der Waals surface area contributed by atoms with Gasteiger partial charge >= 0.3 is 0 Å². The normalized spacial score (nSPS) is 11.9. The van der Waals surface area contributed by atoms with E-state index in [1.807, 2.05) is 16.8 Å². The predicted octanol–water partition coefficient (Wildman–Crippen LogP) is 2.91. The highest BCUT2D eigenvalue weighted by Crippen LogP contribution is 2.42. The van der Waals surface area contributed by atoms with E-state index in [1.165, 1.54) is 17.8 Å². The van der Waals surface area contributed by atoms with Crippen molar-refractivity contribution in [3.8, 4) is 11.5 Å². The lowest BCUT2D eigenvalue weighted by molar-refractivity contribution is -0.118. The number of phenolic OH excluding ortho intramolecular Hbond substituents is 2. The van der Waals surface area contributed by atoms with E-state index in [1.54, 1.807) is 42.9 Å². The first-order valence-electron chi connectivity index (χ1n) is 9.25. The van der Waals surface area contributed by atoms with Crippen LogP contribution in [-0.4, -0.2) is 38.0 Å². The fourth-order valence-electron chi connectivity index (χ4n) is 2.96. The minimum Gasteiger partial charge on any atom is -0.508 e. The van der Waals surface area contributed by atoms with Crippen LogP contribution in [0.2, 0.25) is 0 Å². The number of para-hydroxylation sites is 1. The zero-order valence-electron chi connectivity index (χ0n) is 15.9. The largest absolute Gasteiger partial charge is 0.508 e. The molecule has 0 saturated heterocycles. The van der Waals surface area contributed by atoms with Crippen LogP contribution in [0.5, 0.6) is 11.5 Å². The van der Waals surface area contributed by atoms with Gasteiger partial charge in [-0.2, -0.15) is 0 Å². The first-order chi connectivity index (χ1) is 14.0. The molecule has 1 heterocycles. The number of nitrogens with zero attached hydrogens (tertiary/aromatic N) is 2. The summed E-state index contributed by atoms with van der Waals surface area (Å²) >= 11 is 1.35. The van der Waals surface area contributed by atoms with Gasteiger partial charge in [0.1, 0.15) is 11.5 Å². The molecular formula is C21H24N4O3S. The van der Waals surface area contributed by atoms with Gasteiger partial charge in [0.2, 0.25) is 5.91 Å². The number of imidazole rings is 1. The van der Waals surface area contributed by atoms with Gasteiger partial charge in [0.05, 0.1) is 17.3 Å². The number of thioether (sulfide) groups is 1. The number of hydrogen-bond acceptors (Lipinski definition) is 6.